The number of aromatic nitrogens is 2. The van der Waals surface area contributed by atoms with E-state index in [1.54, 1.807) is 4.68 Å². The number of nitrogens with one attached hydrogen (secondary N) is 3. The summed E-state index contributed by atoms with van der Waals surface area (Å²) < 4.78 is 1.74. The molecule has 2 amide bonds. The maximum Gasteiger partial charge on any atom is 0.282 e. The Morgan fingerprint density at radius 2 is 1.85 bits per heavy atom. The predicted octanol–water partition coefficient (Wildman–Crippen LogP) is 1.13. The summed E-state index contributed by atoms with van der Waals surface area (Å²) in [7, 11) is 3.69. The first-order valence-corrected chi connectivity index (χ1v) is 9.11. The lowest BCUT2D eigenvalue weighted by atomic mass is 10.1. The number of amides is 2. The van der Waals surface area contributed by atoms with Crippen LogP contribution < -0.4 is 15.5 Å². The summed E-state index contributed by atoms with van der Waals surface area (Å²) in [5.74, 6) is -0.249. The molecular weight excluding hydrogens is 342 g/mol. The first-order chi connectivity index (χ1) is 12.6. The molecule has 0 bridgehead atoms. The second-order valence-corrected chi connectivity index (χ2v) is 7.20. The van der Waals surface area contributed by atoms with E-state index in [4.69, 9.17) is 0 Å². The summed E-state index contributed by atoms with van der Waals surface area (Å²) in [6.07, 6.45) is 0. The molecule has 1 aromatic heterocycles. The number of nitrogens with zero attached hydrogens (tertiary/aromatic N) is 2. The van der Waals surface area contributed by atoms with Crippen molar-refractivity contribution in [2.45, 2.75) is 40.7 Å². The molecule has 0 aliphatic heterocycles. The predicted molar refractivity (Wildman–Crippen MR) is 107 cm³/mol. The number of likely N-dealkylation sites (N-methyl/N-ethyl adjacent to an activating group) is 1. The molecule has 2 atom stereocenters. The first kappa shape index (κ1) is 20.6. The molecule has 0 fully saturated rings. The van der Waals surface area contributed by atoms with Crippen LogP contribution in [0.2, 0.25) is 0 Å². The van der Waals surface area contributed by atoms with Crippen molar-refractivity contribution < 1.29 is 14.5 Å². The largest absolute Gasteiger partial charge is 0.321 e. The number of carbonyl (C=O) groups excluding carboxylic acids is 2. The molecule has 146 valence electrons. The summed E-state index contributed by atoms with van der Waals surface area (Å²) in [4.78, 5) is 25.8. The van der Waals surface area contributed by atoms with Crippen LogP contribution >= 0.6 is 0 Å². The molecule has 2 rings (SSSR count). The molecule has 0 saturated carbocycles. The first-order valence-electron chi connectivity index (χ1n) is 9.11. The second-order valence-electron chi connectivity index (χ2n) is 7.20. The summed E-state index contributed by atoms with van der Waals surface area (Å²) >= 11 is 0. The fraction of sp³-hybridized carbons (Fsp3) is 0.450. The van der Waals surface area contributed by atoms with Crippen LogP contribution in [0.4, 0.5) is 11.4 Å². The van der Waals surface area contributed by atoms with Crippen LogP contribution in [-0.4, -0.2) is 41.2 Å². The Bertz CT molecular complexity index is 856. The molecule has 7 heteroatoms. The third-order valence-electron chi connectivity index (χ3n) is 5.21. The number of hydrogen-bond acceptors (Lipinski definition) is 3. The Kier molecular flexibility index (Phi) is 6.38. The van der Waals surface area contributed by atoms with Crippen LogP contribution in [0.15, 0.2) is 18.2 Å². The van der Waals surface area contributed by atoms with E-state index in [1.165, 1.54) is 0 Å². The van der Waals surface area contributed by atoms with Crippen molar-refractivity contribution in [1.82, 2.24) is 9.78 Å². The number of benzene rings is 1. The second kappa shape index (κ2) is 8.35. The van der Waals surface area contributed by atoms with E-state index in [1.807, 2.05) is 66.9 Å². The van der Waals surface area contributed by atoms with Gasteiger partial charge in [-0.05, 0) is 51.8 Å². The molecule has 1 unspecified atom stereocenters. The van der Waals surface area contributed by atoms with Gasteiger partial charge in [-0.3, -0.25) is 14.3 Å². The molecule has 2 aromatic rings. The van der Waals surface area contributed by atoms with Crippen LogP contribution in [0.1, 0.15) is 29.4 Å². The topological polar surface area (TPSA) is 80.5 Å². The minimum Gasteiger partial charge on any atom is -0.321 e. The maximum absolute atomic E-state index is 12.6. The third-order valence-corrected chi connectivity index (χ3v) is 5.21. The zero-order valence-corrected chi connectivity index (χ0v) is 17.2. The number of anilines is 2. The van der Waals surface area contributed by atoms with E-state index in [0.717, 1.165) is 38.8 Å². The fourth-order valence-corrected chi connectivity index (χ4v) is 2.90. The molecular formula is C20H30N5O2+. The van der Waals surface area contributed by atoms with Gasteiger partial charge in [0.05, 0.1) is 24.1 Å². The van der Waals surface area contributed by atoms with Gasteiger partial charge in [-0.2, -0.15) is 5.10 Å². The summed E-state index contributed by atoms with van der Waals surface area (Å²) in [5.41, 5.74) is 5.41. The van der Waals surface area contributed by atoms with E-state index in [9.17, 15) is 9.59 Å². The van der Waals surface area contributed by atoms with Gasteiger partial charge in [0, 0.05) is 12.7 Å². The number of rotatable bonds is 6. The molecule has 7 nitrogen and oxygen atoms in total. The number of aryl methyl sites for hydroxylation is 3. The number of quaternary nitrogens is 1. The summed E-state index contributed by atoms with van der Waals surface area (Å²) in [5, 5.41) is 10.2. The molecule has 0 radical (unpaired) electrons. The Hall–Kier alpha value is -2.67. The molecule has 1 aromatic carbocycles. The van der Waals surface area contributed by atoms with Crippen molar-refractivity contribution in [3.05, 3.63) is 40.7 Å². The molecule has 1 heterocycles. The Balaban J connectivity index is 1.97. The van der Waals surface area contributed by atoms with Gasteiger partial charge in [-0.15, -0.1) is 0 Å². The van der Waals surface area contributed by atoms with Crippen LogP contribution in [0, 0.1) is 27.7 Å². The highest BCUT2D eigenvalue weighted by Gasteiger charge is 2.25. The standard InChI is InChI=1S/C20H29N5O2/c1-12-9-8-10-17(13(12)2)21-18(26)11-24(6)16(5)20(27)22-19-14(3)23-25(7)15(19)4/h8-10,16H,11H2,1-7H3,(H,21,26)(H,22,27)/p+1/t16-/m0/s1. The van der Waals surface area contributed by atoms with Gasteiger partial charge in [-0.25, -0.2) is 0 Å². The fourth-order valence-electron chi connectivity index (χ4n) is 2.90. The van der Waals surface area contributed by atoms with Gasteiger partial charge >= 0.3 is 0 Å². The molecule has 0 aliphatic carbocycles. The lowest BCUT2D eigenvalue weighted by molar-refractivity contribution is -0.885. The van der Waals surface area contributed by atoms with Crippen molar-refractivity contribution in [3.8, 4) is 0 Å². The summed E-state index contributed by atoms with van der Waals surface area (Å²) in [6.45, 7) is 9.78. The maximum atomic E-state index is 12.6. The van der Waals surface area contributed by atoms with Gasteiger partial charge in [0.25, 0.3) is 11.8 Å². The normalized spacial score (nSPS) is 13.1. The molecule has 0 saturated heterocycles. The zero-order valence-electron chi connectivity index (χ0n) is 17.2. The monoisotopic (exact) mass is 372 g/mol. The Labute approximate surface area is 160 Å². The molecule has 0 spiro atoms. The lowest BCUT2D eigenvalue weighted by Crippen LogP contribution is -3.14. The number of hydrogen-bond donors (Lipinski definition) is 3. The average molecular weight is 372 g/mol. The lowest BCUT2D eigenvalue weighted by Gasteiger charge is -2.21. The van der Waals surface area contributed by atoms with Gasteiger partial charge in [0.1, 0.15) is 0 Å². The van der Waals surface area contributed by atoms with E-state index >= 15 is 0 Å². The van der Waals surface area contributed by atoms with Gasteiger partial charge in [-0.1, -0.05) is 12.1 Å². The highest BCUT2D eigenvalue weighted by atomic mass is 16.2. The molecule has 0 aliphatic rings. The Morgan fingerprint density at radius 1 is 1.19 bits per heavy atom. The average Bonchev–Trinajstić information content (AvgIpc) is 2.84. The highest BCUT2D eigenvalue weighted by molar-refractivity contribution is 5.95. The summed E-state index contributed by atoms with van der Waals surface area (Å²) in [6, 6.07) is 5.44. The van der Waals surface area contributed by atoms with Crippen molar-refractivity contribution in [2.24, 2.45) is 7.05 Å². The van der Waals surface area contributed by atoms with E-state index < -0.39 is 0 Å². The minimum atomic E-state index is -0.381. The van der Waals surface area contributed by atoms with E-state index in [-0.39, 0.29) is 24.4 Å². The van der Waals surface area contributed by atoms with E-state index in [0.29, 0.717) is 0 Å². The van der Waals surface area contributed by atoms with E-state index in [2.05, 4.69) is 15.7 Å². The highest BCUT2D eigenvalue weighted by Crippen LogP contribution is 2.18. The van der Waals surface area contributed by atoms with Gasteiger partial charge < -0.3 is 15.5 Å². The van der Waals surface area contributed by atoms with Crippen LogP contribution in [0.3, 0.4) is 0 Å². The van der Waals surface area contributed by atoms with Gasteiger partial charge in [0.15, 0.2) is 12.6 Å². The van der Waals surface area contributed by atoms with Gasteiger partial charge in [0.2, 0.25) is 0 Å². The number of carbonyl (C=O) groups is 2. The third kappa shape index (κ3) is 4.74. The van der Waals surface area contributed by atoms with Crippen LogP contribution in [0.25, 0.3) is 0 Å². The quantitative estimate of drug-likeness (QED) is 0.711. The Morgan fingerprint density at radius 3 is 2.44 bits per heavy atom. The molecule has 27 heavy (non-hydrogen) atoms. The zero-order chi connectivity index (χ0) is 20.3. The van der Waals surface area contributed by atoms with Crippen molar-refractivity contribution in [3.63, 3.8) is 0 Å². The van der Waals surface area contributed by atoms with Crippen LogP contribution in [0.5, 0.6) is 0 Å². The van der Waals surface area contributed by atoms with Crippen molar-refractivity contribution in [1.29, 1.82) is 0 Å². The van der Waals surface area contributed by atoms with Crippen molar-refractivity contribution >= 4 is 23.2 Å². The van der Waals surface area contributed by atoms with Crippen molar-refractivity contribution in [2.75, 3.05) is 24.2 Å². The smallest absolute Gasteiger partial charge is 0.282 e. The van der Waals surface area contributed by atoms with Crippen LogP contribution in [-0.2, 0) is 16.6 Å². The molecule has 3 N–H and O–H groups in total. The SMILES string of the molecule is Cc1cccc(NC(=O)C[NH+](C)[C@@H](C)C(=O)Nc2c(C)nn(C)c2C)c1C. The minimum absolute atomic E-state index is 0.116.